The van der Waals surface area contributed by atoms with Crippen molar-refractivity contribution in [1.82, 2.24) is 10.6 Å². The summed E-state index contributed by atoms with van der Waals surface area (Å²) < 4.78 is 10.9. The van der Waals surface area contributed by atoms with Crippen LogP contribution in [0.15, 0.2) is 40.7 Å². The van der Waals surface area contributed by atoms with Crippen molar-refractivity contribution < 1.29 is 9.47 Å². The van der Waals surface area contributed by atoms with E-state index in [2.05, 4.69) is 33.1 Å². The van der Waals surface area contributed by atoms with E-state index >= 15 is 0 Å². The summed E-state index contributed by atoms with van der Waals surface area (Å²) in [6.45, 7) is 4.10. The van der Waals surface area contributed by atoms with E-state index < -0.39 is 0 Å². The van der Waals surface area contributed by atoms with Gasteiger partial charge in [-0.05, 0) is 42.5 Å². The van der Waals surface area contributed by atoms with Gasteiger partial charge in [0, 0.05) is 25.0 Å². The van der Waals surface area contributed by atoms with E-state index in [4.69, 9.17) is 9.47 Å². The zero-order valence-electron chi connectivity index (χ0n) is 14.5. The Morgan fingerprint density at radius 2 is 2.08 bits per heavy atom. The minimum atomic E-state index is 0.610. The molecule has 6 heteroatoms. The van der Waals surface area contributed by atoms with Gasteiger partial charge in [0.2, 0.25) is 0 Å². The molecule has 0 aliphatic carbocycles. The third-order valence-electron chi connectivity index (χ3n) is 3.46. The maximum absolute atomic E-state index is 5.61. The molecule has 0 aliphatic heterocycles. The quantitative estimate of drug-likeness (QED) is 0.569. The summed E-state index contributed by atoms with van der Waals surface area (Å²) in [5.74, 6) is 2.30. The molecule has 0 bridgehead atoms. The molecule has 2 rings (SSSR count). The van der Waals surface area contributed by atoms with Gasteiger partial charge in [0.15, 0.2) is 17.5 Å². The molecule has 0 spiro atoms. The van der Waals surface area contributed by atoms with Crippen molar-refractivity contribution in [3.63, 3.8) is 0 Å². The second-order valence-electron chi connectivity index (χ2n) is 5.10. The van der Waals surface area contributed by atoms with E-state index in [1.54, 1.807) is 25.5 Å². The van der Waals surface area contributed by atoms with Gasteiger partial charge in [-0.25, -0.2) is 0 Å². The topological polar surface area (TPSA) is 54.9 Å². The molecule has 1 heterocycles. The van der Waals surface area contributed by atoms with Crippen molar-refractivity contribution in [2.24, 2.45) is 4.99 Å². The Balaban J connectivity index is 1.84. The number of thiophene rings is 1. The van der Waals surface area contributed by atoms with Crippen molar-refractivity contribution in [3.8, 4) is 11.5 Å². The van der Waals surface area contributed by atoms with Crippen molar-refractivity contribution in [2.75, 3.05) is 27.3 Å². The first kappa shape index (κ1) is 18.1. The maximum Gasteiger partial charge on any atom is 0.191 e. The number of rotatable bonds is 8. The number of ether oxygens (including phenoxy) is 2. The number of methoxy groups -OCH3 is 1. The van der Waals surface area contributed by atoms with E-state index in [9.17, 15) is 0 Å². The number of benzene rings is 1. The van der Waals surface area contributed by atoms with Crippen molar-refractivity contribution in [2.45, 2.75) is 19.9 Å². The number of guanidine groups is 1. The van der Waals surface area contributed by atoms with Gasteiger partial charge >= 0.3 is 0 Å². The number of aliphatic imine (C=N–C) groups is 1. The molecule has 2 N–H and O–H groups in total. The Bertz CT molecular complexity index is 642. The van der Waals surface area contributed by atoms with E-state index in [1.807, 2.05) is 25.1 Å². The zero-order chi connectivity index (χ0) is 17.2. The zero-order valence-corrected chi connectivity index (χ0v) is 15.3. The van der Waals surface area contributed by atoms with Gasteiger partial charge in [-0.2, -0.15) is 0 Å². The van der Waals surface area contributed by atoms with Crippen LogP contribution in [0.5, 0.6) is 11.5 Å². The van der Waals surface area contributed by atoms with Gasteiger partial charge in [0.05, 0.1) is 13.7 Å². The largest absolute Gasteiger partial charge is 0.493 e. The van der Waals surface area contributed by atoms with Crippen molar-refractivity contribution >= 4 is 17.3 Å². The predicted octanol–water partition coefficient (Wildman–Crippen LogP) is 3.06. The molecule has 0 atom stereocenters. The van der Waals surface area contributed by atoms with Gasteiger partial charge in [-0.1, -0.05) is 12.1 Å². The molecular weight excluding hydrogens is 322 g/mol. The average Bonchev–Trinajstić information content (AvgIpc) is 3.12. The van der Waals surface area contributed by atoms with Gasteiger partial charge in [-0.3, -0.25) is 4.99 Å². The van der Waals surface area contributed by atoms with Gasteiger partial charge in [0.1, 0.15) is 0 Å². The molecule has 2 aromatic rings. The number of hydrogen-bond acceptors (Lipinski definition) is 4. The maximum atomic E-state index is 5.61. The van der Waals surface area contributed by atoms with E-state index in [1.165, 1.54) is 4.88 Å². The molecule has 5 nitrogen and oxygen atoms in total. The summed E-state index contributed by atoms with van der Waals surface area (Å²) in [6.07, 6.45) is 0.995. The summed E-state index contributed by atoms with van der Waals surface area (Å²) >= 11 is 1.78. The smallest absolute Gasteiger partial charge is 0.191 e. The Kier molecular flexibility index (Phi) is 7.42. The second-order valence-corrected chi connectivity index (χ2v) is 6.13. The van der Waals surface area contributed by atoms with E-state index in [0.717, 1.165) is 36.0 Å². The predicted molar refractivity (Wildman–Crippen MR) is 100 cm³/mol. The Morgan fingerprint density at radius 1 is 1.21 bits per heavy atom. The monoisotopic (exact) mass is 347 g/mol. The number of hydrogen-bond donors (Lipinski definition) is 2. The molecule has 0 aliphatic rings. The highest BCUT2D eigenvalue weighted by Crippen LogP contribution is 2.27. The summed E-state index contributed by atoms with van der Waals surface area (Å²) in [6, 6.07) is 10.2. The number of nitrogens with zero attached hydrogens (tertiary/aromatic N) is 1. The SMILES string of the molecule is CCOc1cc(CNC(=NC)NCCc2cccs2)ccc1OC. The molecule has 0 radical (unpaired) electrons. The molecular formula is C18H25N3O2S. The minimum absolute atomic E-state index is 0.610. The Hall–Kier alpha value is -2.21. The first-order valence-electron chi connectivity index (χ1n) is 8.03. The van der Waals surface area contributed by atoms with Crippen LogP contribution in [0, 0.1) is 0 Å². The van der Waals surface area contributed by atoms with Gasteiger partial charge in [0.25, 0.3) is 0 Å². The molecule has 0 saturated heterocycles. The third-order valence-corrected chi connectivity index (χ3v) is 4.39. The lowest BCUT2D eigenvalue weighted by molar-refractivity contribution is 0.310. The van der Waals surface area contributed by atoms with Crippen LogP contribution in [-0.4, -0.2) is 33.3 Å². The average molecular weight is 347 g/mol. The van der Waals surface area contributed by atoms with Gasteiger partial charge < -0.3 is 20.1 Å². The molecule has 1 aromatic carbocycles. The fraction of sp³-hybridized carbons (Fsp3) is 0.389. The van der Waals surface area contributed by atoms with E-state index in [-0.39, 0.29) is 0 Å². The van der Waals surface area contributed by atoms with Crippen LogP contribution in [0.3, 0.4) is 0 Å². The lowest BCUT2D eigenvalue weighted by Crippen LogP contribution is -2.37. The summed E-state index contributed by atoms with van der Waals surface area (Å²) in [5, 5.41) is 8.75. The van der Waals surface area contributed by atoms with Crippen LogP contribution in [0.4, 0.5) is 0 Å². The van der Waals surface area contributed by atoms with Crippen LogP contribution in [0.1, 0.15) is 17.4 Å². The molecule has 130 valence electrons. The molecule has 0 amide bonds. The van der Waals surface area contributed by atoms with Crippen LogP contribution in [0.25, 0.3) is 0 Å². The Labute approximate surface area is 147 Å². The first-order chi connectivity index (χ1) is 11.8. The fourth-order valence-electron chi connectivity index (χ4n) is 2.26. The molecule has 0 saturated carbocycles. The highest BCUT2D eigenvalue weighted by molar-refractivity contribution is 7.09. The molecule has 0 fully saturated rings. The number of nitrogens with one attached hydrogen (secondary N) is 2. The van der Waals surface area contributed by atoms with Crippen LogP contribution < -0.4 is 20.1 Å². The lowest BCUT2D eigenvalue weighted by Gasteiger charge is -2.14. The van der Waals surface area contributed by atoms with Crippen LogP contribution in [0.2, 0.25) is 0 Å². The van der Waals surface area contributed by atoms with Gasteiger partial charge in [-0.15, -0.1) is 11.3 Å². The fourth-order valence-corrected chi connectivity index (χ4v) is 2.97. The van der Waals surface area contributed by atoms with Crippen molar-refractivity contribution in [1.29, 1.82) is 0 Å². The first-order valence-corrected chi connectivity index (χ1v) is 8.91. The summed E-state index contributed by atoms with van der Waals surface area (Å²) in [5.41, 5.74) is 1.11. The normalized spacial score (nSPS) is 11.2. The van der Waals surface area contributed by atoms with Crippen molar-refractivity contribution in [3.05, 3.63) is 46.2 Å². The minimum Gasteiger partial charge on any atom is -0.493 e. The van der Waals surface area contributed by atoms with E-state index in [0.29, 0.717) is 13.2 Å². The standard InChI is InChI=1S/C18H25N3O2S/c1-4-23-17-12-14(7-8-16(17)22-3)13-21-18(19-2)20-10-9-15-6-5-11-24-15/h5-8,11-12H,4,9-10,13H2,1-3H3,(H2,19,20,21). The van der Waals surface area contributed by atoms with Crippen LogP contribution >= 0.6 is 11.3 Å². The Morgan fingerprint density at radius 3 is 2.75 bits per heavy atom. The molecule has 24 heavy (non-hydrogen) atoms. The lowest BCUT2D eigenvalue weighted by atomic mass is 10.2. The summed E-state index contributed by atoms with van der Waals surface area (Å²) in [7, 11) is 3.43. The highest BCUT2D eigenvalue weighted by atomic mass is 32.1. The van der Waals surface area contributed by atoms with Crippen LogP contribution in [-0.2, 0) is 13.0 Å². The molecule has 0 unspecified atom stereocenters. The highest BCUT2D eigenvalue weighted by Gasteiger charge is 2.06. The molecule has 1 aromatic heterocycles. The third kappa shape index (κ3) is 5.45. The second kappa shape index (κ2) is 9.82. The summed E-state index contributed by atoms with van der Waals surface area (Å²) in [4.78, 5) is 5.63.